The van der Waals surface area contributed by atoms with Crippen molar-refractivity contribution in [2.24, 2.45) is 0 Å². The van der Waals surface area contributed by atoms with Crippen LogP contribution in [0.25, 0.3) is 0 Å². The molecular formula is C10H17N3O4S2. The second kappa shape index (κ2) is 6.94. The summed E-state index contributed by atoms with van der Waals surface area (Å²) in [6, 6.07) is 0. The number of esters is 1. The number of ether oxygens (including phenoxy) is 1. The number of sulfonamides is 1. The minimum atomic E-state index is -3.73. The fourth-order valence-electron chi connectivity index (χ4n) is 1.25. The Balaban J connectivity index is 2.78. The van der Waals surface area contributed by atoms with E-state index in [1.807, 2.05) is 18.9 Å². The van der Waals surface area contributed by atoms with Gasteiger partial charge in [-0.15, -0.1) is 11.3 Å². The number of methoxy groups -OCH3 is 1. The number of nitrogens with zero attached hydrogens (tertiary/aromatic N) is 2. The summed E-state index contributed by atoms with van der Waals surface area (Å²) in [6.07, 6.45) is 0. The van der Waals surface area contributed by atoms with Gasteiger partial charge >= 0.3 is 5.97 Å². The van der Waals surface area contributed by atoms with E-state index in [2.05, 4.69) is 14.4 Å². The molecule has 0 bridgehead atoms. The van der Waals surface area contributed by atoms with Crippen LogP contribution in [-0.4, -0.2) is 58.1 Å². The molecule has 1 N–H and O–H groups in total. The number of aromatic nitrogens is 1. The van der Waals surface area contributed by atoms with Gasteiger partial charge in [0.2, 0.25) is 0 Å². The second-order valence-electron chi connectivity index (χ2n) is 3.77. The molecule has 0 spiro atoms. The molecule has 19 heavy (non-hydrogen) atoms. The van der Waals surface area contributed by atoms with Crippen LogP contribution in [-0.2, 0) is 14.8 Å². The van der Waals surface area contributed by atoms with Gasteiger partial charge in [0, 0.05) is 13.1 Å². The number of carbonyl (C=O) groups is 1. The molecule has 0 saturated carbocycles. The monoisotopic (exact) mass is 307 g/mol. The van der Waals surface area contributed by atoms with Crippen molar-refractivity contribution in [3.05, 3.63) is 11.2 Å². The Bertz CT molecular complexity index is 527. The highest BCUT2D eigenvalue weighted by Crippen LogP contribution is 2.20. The second-order valence-corrected chi connectivity index (χ2v) is 6.59. The maximum Gasteiger partial charge on any atom is 0.358 e. The fraction of sp³-hybridized carbons (Fsp3) is 0.600. The number of hydrogen-bond donors (Lipinski definition) is 1. The molecule has 0 radical (unpaired) electrons. The Hall–Kier alpha value is -1.03. The molecule has 7 nitrogen and oxygen atoms in total. The topological polar surface area (TPSA) is 88.6 Å². The molecule has 0 aliphatic rings. The van der Waals surface area contributed by atoms with E-state index in [0.717, 1.165) is 17.9 Å². The Morgan fingerprint density at radius 3 is 2.84 bits per heavy atom. The molecule has 0 amide bonds. The van der Waals surface area contributed by atoms with Gasteiger partial charge < -0.3 is 9.64 Å². The third-order valence-electron chi connectivity index (χ3n) is 2.48. The van der Waals surface area contributed by atoms with Crippen LogP contribution in [0.4, 0.5) is 0 Å². The lowest BCUT2D eigenvalue weighted by atomic mass is 10.5. The lowest BCUT2D eigenvalue weighted by Gasteiger charge is -2.13. The van der Waals surface area contributed by atoms with E-state index >= 15 is 0 Å². The smallest absolute Gasteiger partial charge is 0.358 e. The van der Waals surface area contributed by atoms with E-state index in [1.54, 1.807) is 0 Å². The SMILES string of the molecule is CCN(C)CCNS(=O)(=O)c1scnc1C(=O)OC. The van der Waals surface area contributed by atoms with Crippen molar-refractivity contribution < 1.29 is 17.9 Å². The van der Waals surface area contributed by atoms with E-state index in [9.17, 15) is 13.2 Å². The highest BCUT2D eigenvalue weighted by Gasteiger charge is 2.26. The van der Waals surface area contributed by atoms with Gasteiger partial charge in [-0.25, -0.2) is 22.9 Å². The number of hydrogen-bond acceptors (Lipinski definition) is 7. The van der Waals surface area contributed by atoms with Crippen molar-refractivity contribution in [3.63, 3.8) is 0 Å². The molecule has 0 aliphatic heterocycles. The van der Waals surface area contributed by atoms with E-state index in [4.69, 9.17) is 0 Å². The van der Waals surface area contributed by atoms with Crippen LogP contribution in [0.15, 0.2) is 9.72 Å². The van der Waals surface area contributed by atoms with Crippen molar-refractivity contribution in [2.45, 2.75) is 11.1 Å². The van der Waals surface area contributed by atoms with Gasteiger partial charge in [0.25, 0.3) is 10.0 Å². The summed E-state index contributed by atoms with van der Waals surface area (Å²) in [5.41, 5.74) is 1.13. The predicted molar refractivity (Wildman–Crippen MR) is 71.8 cm³/mol. The minimum Gasteiger partial charge on any atom is -0.464 e. The summed E-state index contributed by atoms with van der Waals surface area (Å²) in [4.78, 5) is 17.1. The number of likely N-dealkylation sites (N-methyl/N-ethyl adjacent to an activating group) is 1. The van der Waals surface area contributed by atoms with Gasteiger partial charge in [0.05, 0.1) is 12.6 Å². The molecule has 108 valence electrons. The molecule has 0 unspecified atom stereocenters. The Morgan fingerprint density at radius 1 is 1.58 bits per heavy atom. The van der Waals surface area contributed by atoms with Gasteiger partial charge in [-0.1, -0.05) is 6.92 Å². The zero-order valence-electron chi connectivity index (χ0n) is 11.0. The van der Waals surface area contributed by atoms with Crippen LogP contribution in [0.5, 0.6) is 0 Å². The molecule has 1 rings (SSSR count). The molecule has 1 aromatic rings. The molecule has 0 aliphatic carbocycles. The highest BCUT2D eigenvalue weighted by atomic mass is 32.2. The Morgan fingerprint density at radius 2 is 2.26 bits per heavy atom. The Labute approximate surface area is 116 Å². The van der Waals surface area contributed by atoms with E-state index in [0.29, 0.717) is 6.54 Å². The van der Waals surface area contributed by atoms with Crippen LogP contribution < -0.4 is 4.72 Å². The first-order valence-corrected chi connectivity index (χ1v) is 7.98. The third-order valence-corrected chi connectivity index (χ3v) is 5.31. The van der Waals surface area contributed by atoms with Crippen LogP contribution in [0.2, 0.25) is 0 Å². The maximum atomic E-state index is 12.0. The summed E-state index contributed by atoms with van der Waals surface area (Å²) in [5.74, 6) is -0.757. The lowest BCUT2D eigenvalue weighted by Crippen LogP contribution is -2.33. The average molecular weight is 307 g/mol. The van der Waals surface area contributed by atoms with Crippen LogP contribution >= 0.6 is 11.3 Å². The van der Waals surface area contributed by atoms with Crippen molar-refractivity contribution >= 4 is 27.3 Å². The lowest BCUT2D eigenvalue weighted by molar-refractivity contribution is 0.0590. The van der Waals surface area contributed by atoms with Crippen LogP contribution in [0.3, 0.4) is 0 Å². The molecule has 0 atom stereocenters. The average Bonchev–Trinajstić information content (AvgIpc) is 2.87. The van der Waals surface area contributed by atoms with E-state index in [-0.39, 0.29) is 16.4 Å². The van der Waals surface area contributed by atoms with Crippen molar-refractivity contribution in [1.29, 1.82) is 0 Å². The first-order valence-electron chi connectivity index (χ1n) is 5.62. The normalized spacial score (nSPS) is 11.8. The van der Waals surface area contributed by atoms with Crippen molar-refractivity contribution in [1.82, 2.24) is 14.6 Å². The van der Waals surface area contributed by atoms with Crippen molar-refractivity contribution in [2.75, 3.05) is 33.8 Å². The van der Waals surface area contributed by atoms with Crippen LogP contribution in [0, 0.1) is 0 Å². The van der Waals surface area contributed by atoms with Gasteiger partial charge in [-0.3, -0.25) is 0 Å². The summed E-state index contributed by atoms with van der Waals surface area (Å²) in [6.45, 7) is 3.66. The van der Waals surface area contributed by atoms with Crippen LogP contribution in [0.1, 0.15) is 17.4 Å². The predicted octanol–water partition coefficient (Wildman–Crippen LogP) is 0.160. The highest BCUT2D eigenvalue weighted by molar-refractivity contribution is 7.91. The number of thiazole rings is 1. The maximum absolute atomic E-state index is 12.0. The first kappa shape index (κ1) is 16.0. The summed E-state index contributed by atoms with van der Waals surface area (Å²) < 4.78 is 30.9. The minimum absolute atomic E-state index is 0.112. The Kier molecular flexibility index (Phi) is 5.85. The zero-order chi connectivity index (χ0) is 14.5. The fourth-order valence-corrected chi connectivity index (χ4v) is 3.45. The zero-order valence-corrected chi connectivity index (χ0v) is 12.7. The molecule has 0 fully saturated rings. The van der Waals surface area contributed by atoms with Gasteiger partial charge in [-0.2, -0.15) is 0 Å². The largest absolute Gasteiger partial charge is 0.464 e. The summed E-state index contributed by atoms with van der Waals surface area (Å²) in [7, 11) is -0.656. The van der Waals surface area contributed by atoms with E-state index < -0.39 is 16.0 Å². The third kappa shape index (κ3) is 4.23. The quantitative estimate of drug-likeness (QED) is 0.722. The van der Waals surface area contributed by atoms with Crippen molar-refractivity contribution in [3.8, 4) is 0 Å². The summed E-state index contributed by atoms with van der Waals surface area (Å²) in [5, 5.41) is 0. The standard InChI is InChI=1S/C10H17N3O4S2/c1-4-13(2)6-5-12-19(15,16)10-8(9(14)17-3)11-7-18-10/h7,12H,4-6H2,1-3H3. The van der Waals surface area contributed by atoms with E-state index in [1.165, 1.54) is 12.6 Å². The number of carbonyl (C=O) groups excluding carboxylic acids is 1. The number of nitrogens with one attached hydrogen (secondary N) is 1. The molecule has 9 heteroatoms. The first-order chi connectivity index (χ1) is 8.92. The van der Waals surface area contributed by atoms with Gasteiger partial charge in [0.1, 0.15) is 0 Å². The molecule has 1 aromatic heterocycles. The summed E-state index contributed by atoms with van der Waals surface area (Å²) >= 11 is 0.889. The number of rotatable bonds is 7. The molecular weight excluding hydrogens is 290 g/mol. The van der Waals surface area contributed by atoms with Gasteiger partial charge in [0.15, 0.2) is 9.90 Å². The molecule has 1 heterocycles. The molecule has 0 saturated heterocycles. The van der Waals surface area contributed by atoms with Gasteiger partial charge in [-0.05, 0) is 13.6 Å². The molecule has 0 aromatic carbocycles.